The van der Waals surface area contributed by atoms with Gasteiger partial charge >= 0.3 is 5.97 Å². The molecule has 2 N–H and O–H groups in total. The van der Waals surface area contributed by atoms with Crippen LogP contribution in [0.4, 0.5) is 0 Å². The van der Waals surface area contributed by atoms with Crippen LogP contribution in [0.2, 0.25) is 5.02 Å². The van der Waals surface area contributed by atoms with E-state index in [1.54, 1.807) is 42.5 Å². The molecule has 30 heavy (non-hydrogen) atoms. The lowest BCUT2D eigenvalue weighted by Gasteiger charge is -2.14. The molecule has 7 nitrogen and oxygen atoms in total. The van der Waals surface area contributed by atoms with E-state index >= 15 is 0 Å². The number of aromatic nitrogens is 3. The zero-order valence-corrected chi connectivity index (χ0v) is 18.1. The fourth-order valence-corrected chi connectivity index (χ4v) is 3.37. The molecule has 0 bridgehead atoms. The fraction of sp³-hybridized carbons (Fsp3) is 0.190. The van der Waals surface area contributed by atoms with Crippen molar-refractivity contribution in [1.29, 1.82) is 0 Å². The quantitative estimate of drug-likeness (QED) is 0.366. The van der Waals surface area contributed by atoms with Crippen molar-refractivity contribution in [2.24, 2.45) is 0 Å². The number of hydrogen-bond donors (Lipinski definition) is 2. The second-order valence-electron chi connectivity index (χ2n) is 6.47. The van der Waals surface area contributed by atoms with Crippen LogP contribution in [0.25, 0.3) is 17.5 Å². The van der Waals surface area contributed by atoms with Crippen molar-refractivity contribution in [1.82, 2.24) is 15.2 Å². The van der Waals surface area contributed by atoms with E-state index in [9.17, 15) is 9.90 Å². The van der Waals surface area contributed by atoms with Gasteiger partial charge in [-0.15, -0.1) is 5.10 Å². The molecular weight excluding hydrogens is 426 g/mol. The number of thioether (sulfide) groups is 1. The number of carboxylic acids is 1. The van der Waals surface area contributed by atoms with Crippen LogP contribution in [0.15, 0.2) is 52.5 Å². The first kappa shape index (κ1) is 21.7. The maximum Gasteiger partial charge on any atom is 0.342 e. The number of methoxy groups -OCH3 is 1. The van der Waals surface area contributed by atoms with Crippen LogP contribution < -0.4 is 9.47 Å². The molecule has 0 atom stereocenters. The third kappa shape index (κ3) is 5.55. The molecular formula is C21H20ClN3O4S. The molecule has 0 radical (unpaired) electrons. The third-order valence-corrected chi connectivity index (χ3v) is 4.97. The van der Waals surface area contributed by atoms with Crippen molar-refractivity contribution in [2.75, 3.05) is 7.11 Å². The second-order valence-corrected chi connectivity index (χ2v) is 7.91. The van der Waals surface area contributed by atoms with E-state index in [0.29, 0.717) is 33.1 Å². The van der Waals surface area contributed by atoms with Crippen molar-refractivity contribution in [3.63, 3.8) is 0 Å². The van der Waals surface area contributed by atoms with E-state index in [1.807, 2.05) is 13.8 Å². The lowest BCUT2D eigenvalue weighted by molar-refractivity contribution is -0.131. The molecule has 156 valence electrons. The SMILES string of the molecule is COc1cc(/C=C(\Sc2n[nH]c(-c3ccc(Cl)cc3)n2)C(=O)O)ccc1OC(C)C. The summed E-state index contributed by atoms with van der Waals surface area (Å²) in [6.07, 6.45) is 1.53. The maximum absolute atomic E-state index is 11.8. The fourth-order valence-electron chi connectivity index (χ4n) is 2.54. The van der Waals surface area contributed by atoms with Crippen molar-refractivity contribution < 1.29 is 19.4 Å². The molecule has 9 heteroatoms. The highest BCUT2D eigenvalue weighted by molar-refractivity contribution is 8.04. The highest BCUT2D eigenvalue weighted by atomic mass is 35.5. The van der Waals surface area contributed by atoms with Crippen molar-refractivity contribution in [3.8, 4) is 22.9 Å². The Morgan fingerprint density at radius 1 is 1.20 bits per heavy atom. The number of nitrogens with zero attached hydrogens (tertiary/aromatic N) is 2. The van der Waals surface area contributed by atoms with Gasteiger partial charge in [0.1, 0.15) is 4.91 Å². The first-order valence-electron chi connectivity index (χ1n) is 9.01. The largest absolute Gasteiger partial charge is 0.493 e. The van der Waals surface area contributed by atoms with Crippen LogP contribution in [-0.4, -0.2) is 39.5 Å². The predicted molar refractivity (Wildman–Crippen MR) is 117 cm³/mol. The van der Waals surface area contributed by atoms with Gasteiger partial charge in [-0.05, 0) is 73.6 Å². The number of carbonyl (C=O) groups is 1. The van der Waals surface area contributed by atoms with Crippen LogP contribution >= 0.6 is 23.4 Å². The number of rotatable bonds is 8. The summed E-state index contributed by atoms with van der Waals surface area (Å²) in [6, 6.07) is 12.3. The number of carboxylic acid groups (broad SMARTS) is 1. The van der Waals surface area contributed by atoms with Gasteiger partial charge < -0.3 is 14.6 Å². The molecule has 1 heterocycles. The maximum atomic E-state index is 11.8. The molecule has 0 aliphatic carbocycles. The van der Waals surface area contributed by atoms with E-state index in [1.165, 1.54) is 13.2 Å². The molecule has 0 amide bonds. The molecule has 0 aliphatic heterocycles. The highest BCUT2D eigenvalue weighted by Gasteiger charge is 2.15. The van der Waals surface area contributed by atoms with Gasteiger partial charge in [0.15, 0.2) is 17.3 Å². The Kier molecular flexibility index (Phi) is 7.02. The summed E-state index contributed by atoms with van der Waals surface area (Å²) in [7, 11) is 1.54. The Bertz CT molecular complexity index is 1060. The number of hydrogen-bond acceptors (Lipinski definition) is 6. The minimum absolute atomic E-state index is 0.00833. The zero-order valence-electron chi connectivity index (χ0n) is 16.5. The predicted octanol–water partition coefficient (Wildman–Crippen LogP) is 5.14. The van der Waals surface area contributed by atoms with Crippen LogP contribution in [0.1, 0.15) is 19.4 Å². The van der Waals surface area contributed by atoms with Gasteiger partial charge in [0.25, 0.3) is 0 Å². The summed E-state index contributed by atoms with van der Waals surface area (Å²) < 4.78 is 11.1. The summed E-state index contributed by atoms with van der Waals surface area (Å²) in [5.74, 6) is 0.556. The average Bonchev–Trinajstić information content (AvgIpc) is 3.17. The van der Waals surface area contributed by atoms with Crippen molar-refractivity contribution >= 4 is 35.4 Å². The third-order valence-electron chi connectivity index (χ3n) is 3.84. The molecule has 0 fully saturated rings. The Morgan fingerprint density at radius 3 is 2.57 bits per heavy atom. The standard InChI is InChI=1S/C21H20ClN3O4S/c1-12(2)29-16-9-4-13(10-17(16)28-3)11-18(20(26)27)30-21-23-19(24-25-21)14-5-7-15(22)8-6-14/h4-12H,1-3H3,(H,26,27)(H,23,24,25)/b18-11-. The second kappa shape index (κ2) is 9.69. The van der Waals surface area contributed by atoms with Crippen LogP contribution in [0.3, 0.4) is 0 Å². The van der Waals surface area contributed by atoms with E-state index in [2.05, 4.69) is 15.2 Å². The van der Waals surface area contributed by atoms with Gasteiger partial charge in [-0.1, -0.05) is 17.7 Å². The monoisotopic (exact) mass is 445 g/mol. The smallest absolute Gasteiger partial charge is 0.342 e. The van der Waals surface area contributed by atoms with Crippen molar-refractivity contribution in [2.45, 2.75) is 25.1 Å². The summed E-state index contributed by atoms with van der Waals surface area (Å²) >= 11 is 6.85. The van der Waals surface area contributed by atoms with Crippen molar-refractivity contribution in [3.05, 3.63) is 58.0 Å². The Hall–Kier alpha value is -2.97. The number of H-pyrrole nitrogens is 1. The molecule has 0 saturated heterocycles. The molecule has 3 rings (SSSR count). The van der Waals surface area contributed by atoms with Gasteiger partial charge in [-0.3, -0.25) is 5.10 Å². The Morgan fingerprint density at radius 2 is 1.93 bits per heavy atom. The van der Waals surface area contributed by atoms with E-state index in [-0.39, 0.29) is 11.0 Å². The van der Waals surface area contributed by atoms with E-state index in [4.69, 9.17) is 21.1 Å². The summed E-state index contributed by atoms with van der Waals surface area (Å²) in [5.41, 5.74) is 1.45. The number of benzene rings is 2. The first-order valence-corrected chi connectivity index (χ1v) is 10.2. The first-order chi connectivity index (χ1) is 14.4. The molecule has 3 aromatic rings. The molecule has 0 spiro atoms. The molecule has 2 aromatic carbocycles. The minimum Gasteiger partial charge on any atom is -0.493 e. The molecule has 1 aromatic heterocycles. The molecule has 0 unspecified atom stereocenters. The summed E-state index contributed by atoms with van der Waals surface area (Å²) in [4.78, 5) is 16.2. The zero-order chi connectivity index (χ0) is 21.7. The Balaban J connectivity index is 1.83. The normalized spacial score (nSPS) is 11.6. The van der Waals surface area contributed by atoms with Gasteiger partial charge in [0.2, 0.25) is 5.16 Å². The van der Waals surface area contributed by atoms with Gasteiger partial charge in [-0.2, -0.15) is 0 Å². The van der Waals surface area contributed by atoms with Crippen LogP contribution in [0, 0.1) is 0 Å². The average molecular weight is 446 g/mol. The Labute approximate surface area is 183 Å². The number of aromatic amines is 1. The number of ether oxygens (including phenoxy) is 2. The van der Waals surface area contributed by atoms with Crippen LogP contribution in [-0.2, 0) is 4.79 Å². The topological polar surface area (TPSA) is 97.3 Å². The lowest BCUT2D eigenvalue weighted by Crippen LogP contribution is -2.06. The lowest BCUT2D eigenvalue weighted by atomic mass is 10.2. The van der Waals surface area contributed by atoms with Gasteiger partial charge in [0, 0.05) is 10.6 Å². The number of halogens is 1. The summed E-state index contributed by atoms with van der Waals surface area (Å²) in [5, 5.41) is 17.4. The molecule has 0 aliphatic rings. The van der Waals surface area contributed by atoms with Crippen LogP contribution in [0.5, 0.6) is 11.5 Å². The minimum atomic E-state index is -1.08. The van der Waals surface area contributed by atoms with E-state index in [0.717, 1.165) is 17.3 Å². The number of aliphatic carboxylic acids is 1. The molecule has 0 saturated carbocycles. The van der Waals surface area contributed by atoms with Gasteiger partial charge in [-0.25, -0.2) is 9.78 Å². The summed E-state index contributed by atoms with van der Waals surface area (Å²) in [6.45, 7) is 3.84. The van der Waals surface area contributed by atoms with E-state index < -0.39 is 5.97 Å². The number of nitrogens with one attached hydrogen (secondary N) is 1. The highest BCUT2D eigenvalue weighted by Crippen LogP contribution is 2.32. The van der Waals surface area contributed by atoms with Gasteiger partial charge in [0.05, 0.1) is 13.2 Å².